The van der Waals surface area contributed by atoms with E-state index in [1.807, 2.05) is 0 Å². The summed E-state index contributed by atoms with van der Waals surface area (Å²) in [5, 5.41) is 9.40. The Hall–Kier alpha value is 0.01000. The minimum absolute atomic E-state index is 0.174. The van der Waals surface area contributed by atoms with Crippen LogP contribution in [-0.2, 0) is 3.79 Å². The number of aliphatic hydroxyl groups is 1. The fourth-order valence-electron chi connectivity index (χ4n) is 1.03. The van der Waals surface area contributed by atoms with Gasteiger partial charge in [0.15, 0.2) is 0 Å². The molecule has 0 aliphatic rings. The highest BCUT2D eigenvalue weighted by molar-refractivity contribution is 6.66. The number of aliphatic hydroxyl groups excluding tert-OH is 1. The molecule has 0 heterocycles. The molecule has 1 aromatic rings. The standard InChI is InChI=1S/C9H10Cl3NO/c10-9(11,12)7-3-1-6(2-4-7)8(14)5-13/h1-4,8,14H,5,13H2/t8-/m0/s1. The zero-order valence-electron chi connectivity index (χ0n) is 7.25. The van der Waals surface area contributed by atoms with Gasteiger partial charge in [0.2, 0.25) is 3.79 Å². The smallest absolute Gasteiger partial charge is 0.216 e. The number of rotatable bonds is 2. The summed E-state index contributed by atoms with van der Waals surface area (Å²) in [6.45, 7) is 0.174. The predicted octanol–water partition coefficient (Wildman–Crippen LogP) is 2.51. The third kappa shape index (κ3) is 3.01. The number of alkyl halides is 3. The van der Waals surface area contributed by atoms with Crippen molar-refractivity contribution in [3.05, 3.63) is 35.4 Å². The van der Waals surface area contributed by atoms with Crippen molar-refractivity contribution in [3.8, 4) is 0 Å². The van der Waals surface area contributed by atoms with E-state index < -0.39 is 9.90 Å². The van der Waals surface area contributed by atoms with Gasteiger partial charge >= 0.3 is 0 Å². The lowest BCUT2D eigenvalue weighted by molar-refractivity contribution is 0.186. The molecule has 1 atom stereocenters. The van der Waals surface area contributed by atoms with Crippen molar-refractivity contribution >= 4 is 34.8 Å². The van der Waals surface area contributed by atoms with Gasteiger partial charge in [-0.15, -0.1) is 0 Å². The largest absolute Gasteiger partial charge is 0.387 e. The molecule has 5 heteroatoms. The van der Waals surface area contributed by atoms with Crippen LogP contribution in [0.5, 0.6) is 0 Å². The van der Waals surface area contributed by atoms with Crippen molar-refractivity contribution in [3.63, 3.8) is 0 Å². The third-order valence-corrected chi connectivity index (χ3v) is 2.50. The SMILES string of the molecule is NC[C@H](O)c1ccc(C(Cl)(Cl)Cl)cc1. The molecular formula is C9H10Cl3NO. The second kappa shape index (κ2) is 4.69. The Morgan fingerprint density at radius 1 is 1.21 bits per heavy atom. The maximum atomic E-state index is 9.40. The predicted molar refractivity (Wildman–Crippen MR) is 59.7 cm³/mol. The van der Waals surface area contributed by atoms with Crippen LogP contribution in [0.25, 0.3) is 0 Å². The van der Waals surface area contributed by atoms with Crippen molar-refractivity contribution in [1.82, 2.24) is 0 Å². The first-order chi connectivity index (χ1) is 6.45. The Morgan fingerprint density at radius 2 is 1.71 bits per heavy atom. The molecule has 1 rings (SSSR count). The number of nitrogens with two attached hydrogens (primary N) is 1. The van der Waals surface area contributed by atoms with Crippen LogP contribution < -0.4 is 5.73 Å². The second-order valence-electron chi connectivity index (χ2n) is 2.87. The second-order valence-corrected chi connectivity index (χ2v) is 5.15. The average molecular weight is 255 g/mol. The van der Waals surface area contributed by atoms with Gasteiger partial charge in [0, 0.05) is 12.1 Å². The maximum Gasteiger partial charge on any atom is 0.216 e. The van der Waals surface area contributed by atoms with E-state index in [-0.39, 0.29) is 6.54 Å². The van der Waals surface area contributed by atoms with Gasteiger partial charge in [0.05, 0.1) is 6.10 Å². The van der Waals surface area contributed by atoms with E-state index in [4.69, 9.17) is 40.5 Å². The lowest BCUT2D eigenvalue weighted by atomic mass is 10.1. The van der Waals surface area contributed by atoms with Crippen molar-refractivity contribution < 1.29 is 5.11 Å². The van der Waals surface area contributed by atoms with Crippen LogP contribution in [0.15, 0.2) is 24.3 Å². The molecule has 0 unspecified atom stereocenters. The fourth-order valence-corrected chi connectivity index (χ4v) is 1.41. The van der Waals surface area contributed by atoms with Crippen LogP contribution in [0.4, 0.5) is 0 Å². The average Bonchev–Trinajstić information content (AvgIpc) is 2.15. The molecule has 0 saturated carbocycles. The van der Waals surface area contributed by atoms with Crippen molar-refractivity contribution in [2.24, 2.45) is 5.73 Å². The zero-order valence-corrected chi connectivity index (χ0v) is 9.52. The Morgan fingerprint density at radius 3 is 2.07 bits per heavy atom. The van der Waals surface area contributed by atoms with Crippen molar-refractivity contribution in [2.45, 2.75) is 9.90 Å². The first-order valence-electron chi connectivity index (χ1n) is 4.00. The van der Waals surface area contributed by atoms with E-state index >= 15 is 0 Å². The molecule has 0 spiro atoms. The van der Waals surface area contributed by atoms with E-state index in [0.717, 1.165) is 0 Å². The van der Waals surface area contributed by atoms with E-state index in [1.165, 1.54) is 0 Å². The van der Waals surface area contributed by atoms with Crippen LogP contribution in [0.2, 0.25) is 0 Å². The molecule has 0 radical (unpaired) electrons. The van der Waals surface area contributed by atoms with Crippen LogP contribution in [0, 0.1) is 0 Å². The maximum absolute atomic E-state index is 9.40. The molecule has 0 aliphatic carbocycles. The lowest BCUT2D eigenvalue weighted by Crippen LogP contribution is -2.11. The normalized spacial score (nSPS) is 14.1. The summed E-state index contributed by atoms with van der Waals surface area (Å²) in [6, 6.07) is 6.69. The zero-order chi connectivity index (χ0) is 10.8. The van der Waals surface area contributed by atoms with Crippen molar-refractivity contribution in [1.29, 1.82) is 0 Å². The summed E-state index contributed by atoms with van der Waals surface area (Å²) < 4.78 is -1.42. The molecule has 1 aromatic carbocycles. The van der Waals surface area contributed by atoms with Gasteiger partial charge in [0.25, 0.3) is 0 Å². The monoisotopic (exact) mass is 253 g/mol. The highest BCUT2D eigenvalue weighted by atomic mass is 35.6. The minimum atomic E-state index is -1.42. The lowest BCUT2D eigenvalue weighted by Gasteiger charge is -2.13. The minimum Gasteiger partial charge on any atom is -0.387 e. The van der Waals surface area contributed by atoms with E-state index in [9.17, 15) is 5.11 Å². The molecule has 14 heavy (non-hydrogen) atoms. The van der Waals surface area contributed by atoms with Gasteiger partial charge in [-0.2, -0.15) is 0 Å². The van der Waals surface area contributed by atoms with E-state index in [1.54, 1.807) is 24.3 Å². The van der Waals surface area contributed by atoms with Crippen molar-refractivity contribution in [2.75, 3.05) is 6.54 Å². The molecule has 0 saturated heterocycles. The Labute approximate surface area is 97.6 Å². The van der Waals surface area contributed by atoms with Crippen LogP contribution in [0.1, 0.15) is 17.2 Å². The highest BCUT2D eigenvalue weighted by Crippen LogP contribution is 2.38. The first kappa shape index (κ1) is 12.1. The van der Waals surface area contributed by atoms with Crippen LogP contribution >= 0.6 is 34.8 Å². The topological polar surface area (TPSA) is 46.2 Å². The molecule has 78 valence electrons. The van der Waals surface area contributed by atoms with Gasteiger partial charge in [-0.3, -0.25) is 0 Å². The number of benzene rings is 1. The molecule has 2 nitrogen and oxygen atoms in total. The fraction of sp³-hybridized carbons (Fsp3) is 0.333. The molecule has 0 amide bonds. The first-order valence-corrected chi connectivity index (χ1v) is 5.14. The summed E-state index contributed by atoms with van der Waals surface area (Å²) in [7, 11) is 0. The summed E-state index contributed by atoms with van der Waals surface area (Å²) in [4.78, 5) is 0. The van der Waals surface area contributed by atoms with Crippen LogP contribution in [-0.4, -0.2) is 11.7 Å². The van der Waals surface area contributed by atoms with Gasteiger partial charge in [0.1, 0.15) is 0 Å². The van der Waals surface area contributed by atoms with Gasteiger partial charge < -0.3 is 10.8 Å². The summed E-state index contributed by atoms with van der Waals surface area (Å²) in [5.41, 5.74) is 6.58. The summed E-state index contributed by atoms with van der Waals surface area (Å²) in [5.74, 6) is 0. The van der Waals surface area contributed by atoms with Gasteiger partial charge in [-0.05, 0) is 5.56 Å². The van der Waals surface area contributed by atoms with Crippen LogP contribution in [0.3, 0.4) is 0 Å². The Kier molecular flexibility index (Phi) is 4.04. The Bertz CT molecular complexity index is 294. The molecule has 0 aliphatic heterocycles. The van der Waals surface area contributed by atoms with Gasteiger partial charge in [-0.25, -0.2) is 0 Å². The van der Waals surface area contributed by atoms with Gasteiger partial charge in [-0.1, -0.05) is 59.1 Å². The summed E-state index contributed by atoms with van der Waals surface area (Å²) >= 11 is 17.0. The van der Waals surface area contributed by atoms with E-state index in [0.29, 0.717) is 11.1 Å². The summed E-state index contributed by atoms with van der Waals surface area (Å²) in [6.07, 6.45) is -0.667. The number of halogens is 3. The molecule has 3 N–H and O–H groups in total. The highest BCUT2D eigenvalue weighted by Gasteiger charge is 2.22. The molecule has 0 fully saturated rings. The third-order valence-electron chi connectivity index (χ3n) is 1.85. The Balaban J connectivity index is 2.89. The molecule has 0 aromatic heterocycles. The quantitative estimate of drug-likeness (QED) is 0.797. The number of hydrogen-bond donors (Lipinski definition) is 2. The van der Waals surface area contributed by atoms with E-state index in [2.05, 4.69) is 0 Å². The molecule has 0 bridgehead atoms. The number of hydrogen-bond acceptors (Lipinski definition) is 2. The molecular weight excluding hydrogens is 244 g/mol.